The van der Waals surface area contributed by atoms with Crippen LogP contribution in [0, 0.1) is 11.8 Å². The second-order valence-electron chi connectivity index (χ2n) is 10.2. The van der Waals surface area contributed by atoms with Crippen molar-refractivity contribution in [3.8, 4) is 11.5 Å². The standard InChI is InChI=1S/C31H41N3O4/c1-4-33(5-2)30(35)19-25-15-16-34-22-26(25)12-9-17-38-29-14-7-6-11-27(29)21-32(23-31(34)36)20-24-10-8-13-28(18-24)37-3/h6-14,18,25-26H,4-5,15-17,19-23H2,1-3H3/b12-9+/t25-,26-/m0/s1. The minimum atomic E-state index is 0.123. The molecule has 2 amide bonds. The molecule has 1 fully saturated rings. The number of amides is 2. The molecule has 0 radical (unpaired) electrons. The van der Waals surface area contributed by atoms with Gasteiger partial charge in [-0.1, -0.05) is 42.5 Å². The molecular weight excluding hydrogens is 478 g/mol. The van der Waals surface area contributed by atoms with Crippen LogP contribution in [0.1, 0.15) is 37.8 Å². The summed E-state index contributed by atoms with van der Waals surface area (Å²) in [5, 5.41) is 0. The minimum Gasteiger partial charge on any atom is -0.497 e. The highest BCUT2D eigenvalue weighted by Crippen LogP contribution is 2.30. The summed E-state index contributed by atoms with van der Waals surface area (Å²) < 4.78 is 11.6. The largest absolute Gasteiger partial charge is 0.497 e. The summed E-state index contributed by atoms with van der Waals surface area (Å²) in [7, 11) is 1.67. The Morgan fingerprint density at radius 2 is 1.92 bits per heavy atom. The number of carbonyl (C=O) groups is 2. The van der Waals surface area contributed by atoms with Gasteiger partial charge in [0.1, 0.15) is 18.1 Å². The predicted molar refractivity (Wildman–Crippen MR) is 149 cm³/mol. The Morgan fingerprint density at radius 3 is 2.71 bits per heavy atom. The van der Waals surface area contributed by atoms with E-state index in [0.29, 0.717) is 45.8 Å². The van der Waals surface area contributed by atoms with Crippen LogP contribution in [0.2, 0.25) is 0 Å². The molecule has 2 aromatic carbocycles. The van der Waals surface area contributed by atoms with Crippen molar-refractivity contribution < 1.29 is 19.1 Å². The fourth-order valence-electron chi connectivity index (χ4n) is 5.53. The summed E-state index contributed by atoms with van der Waals surface area (Å²) in [5.41, 5.74) is 2.14. The van der Waals surface area contributed by atoms with Crippen molar-refractivity contribution in [2.75, 3.05) is 46.4 Å². The number of nitrogens with zero attached hydrogens (tertiary/aromatic N) is 3. The quantitative estimate of drug-likeness (QED) is 0.509. The van der Waals surface area contributed by atoms with Gasteiger partial charge in [-0.3, -0.25) is 14.5 Å². The van der Waals surface area contributed by atoms with E-state index >= 15 is 0 Å². The maximum absolute atomic E-state index is 13.6. The third kappa shape index (κ3) is 7.16. The van der Waals surface area contributed by atoms with Crippen molar-refractivity contribution in [1.82, 2.24) is 14.7 Å². The first kappa shape index (κ1) is 27.7. The number of methoxy groups -OCH3 is 1. The van der Waals surface area contributed by atoms with Gasteiger partial charge in [0.05, 0.1) is 13.7 Å². The maximum atomic E-state index is 13.6. The van der Waals surface area contributed by atoms with Gasteiger partial charge in [-0.15, -0.1) is 0 Å². The first-order chi connectivity index (χ1) is 18.5. The summed E-state index contributed by atoms with van der Waals surface area (Å²) in [6.45, 7) is 8.79. The molecule has 2 aliphatic rings. The van der Waals surface area contributed by atoms with Crippen LogP contribution >= 0.6 is 0 Å². The van der Waals surface area contributed by atoms with Gasteiger partial charge in [-0.2, -0.15) is 0 Å². The smallest absolute Gasteiger partial charge is 0.236 e. The average Bonchev–Trinajstić information content (AvgIpc) is 2.93. The molecule has 38 heavy (non-hydrogen) atoms. The van der Waals surface area contributed by atoms with Crippen LogP contribution in [0.3, 0.4) is 0 Å². The lowest BCUT2D eigenvalue weighted by Gasteiger charge is -2.38. The van der Waals surface area contributed by atoms with Crippen LogP contribution in [0.15, 0.2) is 60.7 Å². The Labute approximate surface area is 227 Å². The highest BCUT2D eigenvalue weighted by Gasteiger charge is 2.33. The number of benzene rings is 2. The van der Waals surface area contributed by atoms with Crippen LogP contribution in [-0.2, 0) is 22.7 Å². The number of carbonyl (C=O) groups excluding carboxylic acids is 2. The van der Waals surface area contributed by atoms with E-state index < -0.39 is 0 Å². The molecule has 2 aliphatic heterocycles. The summed E-state index contributed by atoms with van der Waals surface area (Å²) in [4.78, 5) is 32.6. The Hall–Kier alpha value is -3.32. The second-order valence-corrected chi connectivity index (χ2v) is 10.2. The van der Waals surface area contributed by atoms with E-state index in [1.54, 1.807) is 7.11 Å². The summed E-state index contributed by atoms with van der Waals surface area (Å²) >= 11 is 0. The zero-order valence-corrected chi connectivity index (χ0v) is 23.0. The molecular formula is C31H41N3O4. The molecule has 204 valence electrons. The van der Waals surface area contributed by atoms with Gasteiger partial charge in [0.2, 0.25) is 11.8 Å². The van der Waals surface area contributed by atoms with Gasteiger partial charge in [0.15, 0.2) is 0 Å². The molecule has 0 aliphatic carbocycles. The number of fused-ring (bicyclic) bond motifs is 3. The number of para-hydroxylation sites is 1. The van der Waals surface area contributed by atoms with Crippen LogP contribution in [0.25, 0.3) is 0 Å². The molecule has 7 heteroatoms. The minimum absolute atomic E-state index is 0.123. The van der Waals surface area contributed by atoms with Crippen molar-refractivity contribution in [2.45, 2.75) is 39.8 Å². The number of hydrogen-bond acceptors (Lipinski definition) is 5. The van der Waals surface area contributed by atoms with Gasteiger partial charge < -0.3 is 19.3 Å². The Bertz CT molecular complexity index is 1110. The monoisotopic (exact) mass is 519 g/mol. The summed E-state index contributed by atoms with van der Waals surface area (Å²) in [6.07, 6.45) is 5.56. The molecule has 0 spiro atoms. The van der Waals surface area contributed by atoms with Crippen molar-refractivity contribution in [3.63, 3.8) is 0 Å². The van der Waals surface area contributed by atoms with Crippen molar-refractivity contribution in [2.24, 2.45) is 11.8 Å². The molecule has 7 nitrogen and oxygen atoms in total. The lowest BCUT2D eigenvalue weighted by molar-refractivity contribution is -0.136. The number of rotatable bonds is 7. The zero-order chi connectivity index (χ0) is 26.9. The number of ether oxygens (including phenoxy) is 2. The van der Waals surface area contributed by atoms with E-state index in [9.17, 15) is 9.59 Å². The van der Waals surface area contributed by atoms with Crippen LogP contribution in [0.4, 0.5) is 0 Å². The van der Waals surface area contributed by atoms with Crippen LogP contribution < -0.4 is 9.47 Å². The zero-order valence-electron chi connectivity index (χ0n) is 23.0. The van der Waals surface area contributed by atoms with Gasteiger partial charge >= 0.3 is 0 Å². The van der Waals surface area contributed by atoms with Crippen LogP contribution in [0.5, 0.6) is 11.5 Å². The summed E-state index contributed by atoms with van der Waals surface area (Å²) in [6, 6.07) is 16.0. The van der Waals surface area contributed by atoms with Crippen molar-refractivity contribution >= 4 is 11.8 Å². The highest BCUT2D eigenvalue weighted by atomic mass is 16.5. The predicted octanol–water partition coefficient (Wildman–Crippen LogP) is 4.37. The Morgan fingerprint density at radius 1 is 1.11 bits per heavy atom. The molecule has 0 N–H and O–H groups in total. The lowest BCUT2D eigenvalue weighted by Crippen LogP contribution is -2.48. The molecule has 4 rings (SSSR count). The fraction of sp³-hybridized carbons (Fsp3) is 0.484. The Kier molecular flexibility index (Phi) is 9.82. The third-order valence-corrected chi connectivity index (χ3v) is 7.70. The molecule has 0 unspecified atom stereocenters. The van der Waals surface area contributed by atoms with Gasteiger partial charge in [-0.25, -0.2) is 0 Å². The van der Waals surface area contributed by atoms with E-state index in [0.717, 1.165) is 42.1 Å². The maximum Gasteiger partial charge on any atom is 0.236 e. The van der Waals surface area contributed by atoms with Crippen molar-refractivity contribution in [3.05, 3.63) is 71.8 Å². The lowest BCUT2D eigenvalue weighted by atomic mass is 9.82. The highest BCUT2D eigenvalue weighted by molar-refractivity contribution is 5.79. The third-order valence-electron chi connectivity index (χ3n) is 7.70. The molecule has 0 aromatic heterocycles. The molecule has 2 heterocycles. The Balaban J connectivity index is 1.57. The van der Waals surface area contributed by atoms with Gasteiger partial charge in [-0.05, 0) is 55.9 Å². The topological polar surface area (TPSA) is 62.3 Å². The van der Waals surface area contributed by atoms with Gasteiger partial charge in [0.25, 0.3) is 0 Å². The van der Waals surface area contributed by atoms with E-state index in [1.807, 2.05) is 60.0 Å². The number of hydrogen-bond donors (Lipinski definition) is 0. The molecule has 2 bridgehead atoms. The number of piperidine rings is 1. The van der Waals surface area contributed by atoms with E-state index in [1.165, 1.54) is 0 Å². The van der Waals surface area contributed by atoms with Gasteiger partial charge in [0, 0.05) is 51.3 Å². The normalized spacial score (nSPS) is 21.2. The first-order valence-electron chi connectivity index (χ1n) is 13.8. The molecule has 2 aromatic rings. The first-order valence-corrected chi connectivity index (χ1v) is 13.8. The van der Waals surface area contributed by atoms with Crippen LogP contribution in [-0.4, -0.2) is 73.0 Å². The second kappa shape index (κ2) is 13.5. The fourth-order valence-corrected chi connectivity index (χ4v) is 5.53. The average molecular weight is 520 g/mol. The van der Waals surface area contributed by atoms with E-state index in [-0.39, 0.29) is 23.7 Å². The van der Waals surface area contributed by atoms with E-state index in [4.69, 9.17) is 9.47 Å². The van der Waals surface area contributed by atoms with E-state index in [2.05, 4.69) is 29.2 Å². The molecule has 1 saturated heterocycles. The SMILES string of the molecule is CCN(CC)C(=O)C[C@@H]1CCN2C[C@@H]1/C=C/COc1ccccc1CN(Cc1cccc(OC)c1)CC2=O. The molecule has 0 saturated carbocycles. The van der Waals surface area contributed by atoms with Crippen molar-refractivity contribution in [1.29, 1.82) is 0 Å². The molecule has 2 atom stereocenters. The summed E-state index contributed by atoms with van der Waals surface area (Å²) in [5.74, 6) is 2.30.